The van der Waals surface area contributed by atoms with Crippen LogP contribution in [-0.2, 0) is 22.0 Å². The third kappa shape index (κ3) is 2.79. The molecule has 0 unspecified atom stereocenters. The van der Waals surface area contributed by atoms with Crippen molar-refractivity contribution >= 4 is 20.9 Å². The highest BCUT2D eigenvalue weighted by Crippen LogP contribution is 2.41. The van der Waals surface area contributed by atoms with Gasteiger partial charge in [0, 0.05) is 36.2 Å². The van der Waals surface area contributed by atoms with Crippen molar-refractivity contribution in [1.29, 1.82) is 0 Å². The lowest BCUT2D eigenvalue weighted by molar-refractivity contribution is 0.180. The Morgan fingerprint density at radius 3 is 2.67 bits per heavy atom. The second-order valence-corrected chi connectivity index (χ2v) is 10.1. The van der Waals surface area contributed by atoms with Gasteiger partial charge >= 0.3 is 0 Å². The topological polar surface area (TPSA) is 100 Å². The van der Waals surface area contributed by atoms with Crippen molar-refractivity contribution in [2.75, 3.05) is 26.7 Å². The fraction of sp³-hybridized carbons (Fsp3) is 0.476. The van der Waals surface area contributed by atoms with Crippen LogP contribution in [-0.4, -0.2) is 49.6 Å². The lowest BCUT2D eigenvalue weighted by atomic mass is 9.80. The molecule has 9 heteroatoms. The molecule has 160 valence electrons. The SMILES string of the molecule is COc1ccc2[nH]c3c(c2c1)CCNC31CCN(S(=O)(=O)c2c(C)noc2C)CC1. The number of nitrogens with one attached hydrogen (secondary N) is 2. The number of nitrogens with zero attached hydrogens (tertiary/aromatic N) is 2. The van der Waals surface area contributed by atoms with E-state index in [4.69, 9.17) is 9.26 Å². The normalized spacial score (nSPS) is 19.3. The number of fused-ring (bicyclic) bond motifs is 4. The van der Waals surface area contributed by atoms with E-state index in [0.717, 1.165) is 24.2 Å². The summed E-state index contributed by atoms with van der Waals surface area (Å²) in [7, 11) is -1.94. The summed E-state index contributed by atoms with van der Waals surface area (Å²) in [5.74, 6) is 1.19. The fourth-order valence-electron chi connectivity index (χ4n) is 5.04. The molecule has 0 aliphatic carbocycles. The van der Waals surface area contributed by atoms with Gasteiger partial charge in [0.15, 0.2) is 5.76 Å². The smallest absolute Gasteiger partial charge is 0.248 e. The molecular weight excluding hydrogens is 404 g/mol. The van der Waals surface area contributed by atoms with E-state index in [1.54, 1.807) is 25.3 Å². The first kappa shape index (κ1) is 19.6. The Balaban J connectivity index is 1.47. The van der Waals surface area contributed by atoms with Gasteiger partial charge in [-0.3, -0.25) is 0 Å². The van der Waals surface area contributed by atoms with Crippen molar-refractivity contribution in [3.05, 3.63) is 40.9 Å². The van der Waals surface area contributed by atoms with E-state index in [2.05, 4.69) is 27.6 Å². The number of aromatic nitrogens is 2. The van der Waals surface area contributed by atoms with Crippen LogP contribution in [0.1, 0.15) is 35.6 Å². The maximum absolute atomic E-state index is 13.2. The number of methoxy groups -OCH3 is 1. The predicted molar refractivity (Wildman–Crippen MR) is 112 cm³/mol. The number of sulfonamides is 1. The predicted octanol–water partition coefficient (Wildman–Crippen LogP) is 2.61. The zero-order valence-corrected chi connectivity index (χ0v) is 18.2. The lowest BCUT2D eigenvalue weighted by Crippen LogP contribution is -2.55. The van der Waals surface area contributed by atoms with Gasteiger partial charge in [0.1, 0.15) is 16.3 Å². The van der Waals surface area contributed by atoms with Gasteiger partial charge in [0.25, 0.3) is 0 Å². The number of rotatable bonds is 3. The first-order chi connectivity index (χ1) is 14.4. The molecular formula is C21H26N4O4S. The van der Waals surface area contributed by atoms with Gasteiger partial charge in [-0.15, -0.1) is 0 Å². The van der Waals surface area contributed by atoms with E-state index in [9.17, 15) is 8.42 Å². The molecule has 0 saturated carbocycles. The molecule has 8 nitrogen and oxygen atoms in total. The molecule has 1 aromatic carbocycles. The molecule has 5 rings (SSSR count). The summed E-state index contributed by atoms with van der Waals surface area (Å²) in [6.45, 7) is 5.07. The number of hydrogen-bond acceptors (Lipinski definition) is 6. The van der Waals surface area contributed by atoms with E-state index in [-0.39, 0.29) is 10.4 Å². The van der Waals surface area contributed by atoms with Crippen molar-refractivity contribution in [2.45, 2.75) is 43.5 Å². The molecule has 1 fully saturated rings. The molecule has 2 aliphatic rings. The second-order valence-electron chi connectivity index (χ2n) is 8.21. The van der Waals surface area contributed by atoms with Crippen molar-refractivity contribution < 1.29 is 17.7 Å². The first-order valence-corrected chi connectivity index (χ1v) is 11.7. The third-order valence-electron chi connectivity index (χ3n) is 6.57. The van der Waals surface area contributed by atoms with Crippen LogP contribution in [0.5, 0.6) is 5.75 Å². The van der Waals surface area contributed by atoms with Crippen LogP contribution in [0.2, 0.25) is 0 Å². The Morgan fingerprint density at radius 1 is 1.23 bits per heavy atom. The molecule has 2 N–H and O–H groups in total. The number of piperidine rings is 1. The average Bonchev–Trinajstić information content (AvgIpc) is 3.29. The van der Waals surface area contributed by atoms with E-state index in [1.165, 1.54) is 16.6 Å². The monoisotopic (exact) mass is 430 g/mol. The standard InChI is InChI=1S/C21H26N4O4S/c1-13-19(14(2)29-24-13)30(26,27)25-10-7-21(8-11-25)20-16(6-9-22-21)17-12-15(28-3)4-5-18(17)23-20/h4-5,12,22-23H,6-11H2,1-3H3. The Kier molecular flexibility index (Phi) is 4.46. The molecule has 1 saturated heterocycles. The van der Waals surface area contributed by atoms with E-state index >= 15 is 0 Å². The highest BCUT2D eigenvalue weighted by molar-refractivity contribution is 7.89. The molecule has 30 heavy (non-hydrogen) atoms. The summed E-state index contributed by atoms with van der Waals surface area (Å²) in [5, 5.41) is 8.71. The minimum Gasteiger partial charge on any atom is -0.497 e. The maximum atomic E-state index is 13.2. The number of ether oxygens (including phenoxy) is 1. The summed E-state index contributed by atoms with van der Waals surface area (Å²) in [4.78, 5) is 3.82. The van der Waals surface area contributed by atoms with Crippen LogP contribution >= 0.6 is 0 Å². The Hall–Kier alpha value is -2.36. The number of H-pyrrole nitrogens is 1. The maximum Gasteiger partial charge on any atom is 0.248 e. The quantitative estimate of drug-likeness (QED) is 0.663. The van der Waals surface area contributed by atoms with Crippen LogP contribution in [0.25, 0.3) is 10.9 Å². The molecule has 0 radical (unpaired) electrons. The molecule has 4 heterocycles. The van der Waals surface area contributed by atoms with Gasteiger partial charge in [0.05, 0.1) is 12.6 Å². The molecule has 0 amide bonds. The molecule has 2 aliphatic heterocycles. The Morgan fingerprint density at radius 2 is 2.00 bits per heavy atom. The second kappa shape index (κ2) is 6.83. The highest BCUT2D eigenvalue weighted by atomic mass is 32.2. The summed E-state index contributed by atoms with van der Waals surface area (Å²) < 4.78 is 38.5. The molecule has 3 aromatic rings. The van der Waals surface area contributed by atoms with E-state index in [1.807, 2.05) is 6.07 Å². The van der Waals surface area contributed by atoms with Crippen molar-refractivity contribution in [1.82, 2.24) is 19.8 Å². The van der Waals surface area contributed by atoms with Crippen LogP contribution in [0.4, 0.5) is 0 Å². The van der Waals surface area contributed by atoms with Crippen molar-refractivity contribution in [3.63, 3.8) is 0 Å². The average molecular weight is 431 g/mol. The van der Waals surface area contributed by atoms with Gasteiger partial charge in [-0.2, -0.15) is 4.31 Å². The largest absolute Gasteiger partial charge is 0.497 e. The van der Waals surface area contributed by atoms with Crippen LogP contribution < -0.4 is 10.1 Å². The lowest BCUT2D eigenvalue weighted by Gasteiger charge is -2.44. The van der Waals surface area contributed by atoms with Crippen molar-refractivity contribution in [3.8, 4) is 5.75 Å². The molecule has 1 spiro atoms. The number of aryl methyl sites for hydroxylation is 2. The van der Waals surface area contributed by atoms with Crippen molar-refractivity contribution in [2.24, 2.45) is 0 Å². The van der Waals surface area contributed by atoms with Crippen LogP contribution in [0, 0.1) is 13.8 Å². The van der Waals surface area contributed by atoms with Crippen LogP contribution in [0.3, 0.4) is 0 Å². The van der Waals surface area contributed by atoms with Crippen LogP contribution in [0.15, 0.2) is 27.6 Å². The van der Waals surface area contributed by atoms with E-state index in [0.29, 0.717) is 37.4 Å². The minimum absolute atomic E-state index is 0.202. The summed E-state index contributed by atoms with van der Waals surface area (Å²) in [6.07, 6.45) is 2.34. The summed E-state index contributed by atoms with van der Waals surface area (Å²) in [5.41, 5.74) is 3.76. The molecule has 0 atom stereocenters. The minimum atomic E-state index is -3.62. The van der Waals surface area contributed by atoms with Gasteiger partial charge < -0.3 is 19.6 Å². The first-order valence-electron chi connectivity index (χ1n) is 10.2. The highest BCUT2D eigenvalue weighted by Gasteiger charge is 2.44. The third-order valence-corrected chi connectivity index (χ3v) is 8.72. The zero-order valence-electron chi connectivity index (χ0n) is 17.4. The van der Waals surface area contributed by atoms with Gasteiger partial charge in [-0.05, 0) is 56.9 Å². The summed E-state index contributed by atoms with van der Waals surface area (Å²) >= 11 is 0. The van der Waals surface area contributed by atoms with Gasteiger partial charge in [0.2, 0.25) is 10.0 Å². The fourth-order valence-corrected chi connectivity index (χ4v) is 6.78. The number of hydrogen-bond donors (Lipinski definition) is 2. The van der Waals surface area contributed by atoms with Gasteiger partial charge in [-0.1, -0.05) is 5.16 Å². The number of aromatic amines is 1. The van der Waals surface area contributed by atoms with E-state index < -0.39 is 10.0 Å². The van der Waals surface area contributed by atoms with Gasteiger partial charge in [-0.25, -0.2) is 8.42 Å². The molecule has 2 aromatic heterocycles. The summed E-state index contributed by atoms with van der Waals surface area (Å²) in [6, 6.07) is 6.10. The Bertz CT molecular complexity index is 1200. The number of benzene rings is 1. The molecule has 0 bridgehead atoms. The Labute approximate surface area is 175 Å². The zero-order chi connectivity index (χ0) is 21.1.